The molecule has 1 unspecified atom stereocenters. The van der Waals surface area contributed by atoms with E-state index in [1.165, 1.54) is 31.1 Å². The third kappa shape index (κ3) is 3.25. The lowest BCUT2D eigenvalue weighted by Crippen LogP contribution is -2.05. The average molecular weight is 280 g/mol. The number of aromatic amines is 1. The van der Waals surface area contributed by atoms with Crippen LogP contribution >= 0.6 is 11.8 Å². The summed E-state index contributed by atoms with van der Waals surface area (Å²) < 4.78 is 9.95. The Morgan fingerprint density at radius 1 is 1.47 bits per heavy atom. The molecule has 0 fully saturated rings. The molecule has 0 spiro atoms. The Kier molecular flexibility index (Phi) is 4.06. The molecule has 0 aliphatic rings. The maximum absolute atomic E-state index is 11.3. The van der Waals surface area contributed by atoms with Gasteiger partial charge in [-0.25, -0.2) is 9.78 Å². The number of hydrogen-bond acceptors (Lipinski definition) is 6. The number of ether oxygens (including phenoxy) is 1. The maximum Gasteiger partial charge on any atom is 0.373 e. The number of carbonyl (C=O) groups is 1. The number of furan rings is 1. The minimum absolute atomic E-state index is 0.0936. The SMILES string of the molecule is COC(=O)c1ccc(C(C)Sc2nccc(=O)[nH]2)o1. The van der Waals surface area contributed by atoms with Gasteiger partial charge in [-0.2, -0.15) is 0 Å². The Bertz CT molecular complexity index is 634. The summed E-state index contributed by atoms with van der Waals surface area (Å²) in [7, 11) is 1.29. The Balaban J connectivity index is 2.11. The van der Waals surface area contributed by atoms with E-state index < -0.39 is 5.97 Å². The third-order valence-electron chi connectivity index (χ3n) is 2.35. The first-order chi connectivity index (χ1) is 9.10. The van der Waals surface area contributed by atoms with Crippen LogP contribution in [0.25, 0.3) is 0 Å². The highest BCUT2D eigenvalue weighted by Crippen LogP contribution is 2.33. The van der Waals surface area contributed by atoms with Gasteiger partial charge in [0, 0.05) is 12.3 Å². The molecule has 2 heterocycles. The predicted octanol–water partition coefficient (Wildman–Crippen LogP) is 2.00. The number of rotatable bonds is 4. The van der Waals surface area contributed by atoms with Gasteiger partial charge in [0.25, 0.3) is 5.56 Å². The molecular weight excluding hydrogens is 268 g/mol. The van der Waals surface area contributed by atoms with E-state index in [9.17, 15) is 9.59 Å². The second kappa shape index (κ2) is 5.75. The highest BCUT2D eigenvalue weighted by atomic mass is 32.2. The van der Waals surface area contributed by atoms with Crippen molar-refractivity contribution in [2.24, 2.45) is 0 Å². The van der Waals surface area contributed by atoms with Crippen molar-refractivity contribution in [2.45, 2.75) is 17.3 Å². The predicted molar refractivity (Wildman–Crippen MR) is 69.2 cm³/mol. The van der Waals surface area contributed by atoms with E-state index in [4.69, 9.17) is 4.42 Å². The normalized spacial score (nSPS) is 12.1. The van der Waals surface area contributed by atoms with E-state index in [2.05, 4.69) is 14.7 Å². The molecule has 0 radical (unpaired) electrons. The van der Waals surface area contributed by atoms with Crippen molar-refractivity contribution in [1.82, 2.24) is 9.97 Å². The lowest BCUT2D eigenvalue weighted by Gasteiger charge is -2.06. The van der Waals surface area contributed by atoms with E-state index >= 15 is 0 Å². The van der Waals surface area contributed by atoms with Crippen LogP contribution in [0.4, 0.5) is 0 Å². The quantitative estimate of drug-likeness (QED) is 0.524. The fourth-order valence-corrected chi connectivity index (χ4v) is 2.28. The minimum atomic E-state index is -0.519. The first-order valence-electron chi connectivity index (χ1n) is 5.50. The molecule has 0 saturated carbocycles. The van der Waals surface area contributed by atoms with Gasteiger partial charge in [-0.15, -0.1) is 0 Å². The fourth-order valence-electron chi connectivity index (χ4n) is 1.42. The second-order valence-corrected chi connectivity index (χ2v) is 5.02. The van der Waals surface area contributed by atoms with E-state index in [0.717, 1.165) is 0 Å². The molecule has 0 amide bonds. The Morgan fingerprint density at radius 3 is 2.95 bits per heavy atom. The van der Waals surface area contributed by atoms with Crippen LogP contribution < -0.4 is 5.56 Å². The number of aromatic nitrogens is 2. The van der Waals surface area contributed by atoms with Crippen LogP contribution in [0, 0.1) is 0 Å². The summed E-state index contributed by atoms with van der Waals surface area (Å²) >= 11 is 1.33. The highest BCUT2D eigenvalue weighted by Gasteiger charge is 2.16. The second-order valence-electron chi connectivity index (χ2n) is 3.69. The molecule has 0 aliphatic heterocycles. The van der Waals surface area contributed by atoms with Gasteiger partial charge in [0.2, 0.25) is 5.76 Å². The number of esters is 1. The smallest absolute Gasteiger partial charge is 0.373 e. The zero-order valence-electron chi connectivity index (χ0n) is 10.4. The summed E-state index contributed by atoms with van der Waals surface area (Å²) in [4.78, 5) is 29.1. The number of hydrogen-bond donors (Lipinski definition) is 1. The standard InChI is InChI=1S/C12H12N2O4S/c1-7(19-12-13-6-5-10(15)14-12)8-3-4-9(18-8)11(16)17-2/h3-7H,1-2H3,(H,13,14,15). The number of thioether (sulfide) groups is 1. The van der Waals surface area contributed by atoms with Gasteiger partial charge in [-0.3, -0.25) is 4.79 Å². The Labute approximate surface area is 113 Å². The molecule has 1 atom stereocenters. The molecule has 0 aromatic carbocycles. The van der Waals surface area contributed by atoms with Crippen LogP contribution in [0.15, 0.2) is 38.8 Å². The van der Waals surface area contributed by atoms with E-state index in [-0.39, 0.29) is 16.6 Å². The van der Waals surface area contributed by atoms with Crippen molar-refractivity contribution >= 4 is 17.7 Å². The van der Waals surface area contributed by atoms with Gasteiger partial charge >= 0.3 is 5.97 Å². The molecule has 1 N–H and O–H groups in total. The van der Waals surface area contributed by atoms with Crippen molar-refractivity contribution in [1.29, 1.82) is 0 Å². The monoisotopic (exact) mass is 280 g/mol. The van der Waals surface area contributed by atoms with Crippen LogP contribution in [-0.4, -0.2) is 23.0 Å². The molecule has 7 heteroatoms. The van der Waals surface area contributed by atoms with Gasteiger partial charge in [0.05, 0.1) is 12.4 Å². The number of methoxy groups -OCH3 is 1. The van der Waals surface area contributed by atoms with Gasteiger partial charge in [-0.05, 0) is 19.1 Å². The Morgan fingerprint density at radius 2 is 2.26 bits per heavy atom. The molecule has 2 aromatic rings. The van der Waals surface area contributed by atoms with Gasteiger partial charge in [-0.1, -0.05) is 11.8 Å². The van der Waals surface area contributed by atoms with Crippen LogP contribution in [0.5, 0.6) is 0 Å². The molecule has 19 heavy (non-hydrogen) atoms. The zero-order chi connectivity index (χ0) is 13.8. The molecule has 6 nitrogen and oxygen atoms in total. The molecule has 0 bridgehead atoms. The molecule has 0 saturated heterocycles. The first kappa shape index (κ1) is 13.4. The maximum atomic E-state index is 11.3. The number of H-pyrrole nitrogens is 1. The van der Waals surface area contributed by atoms with Crippen LogP contribution in [0.3, 0.4) is 0 Å². The zero-order valence-corrected chi connectivity index (χ0v) is 11.2. The number of carbonyl (C=O) groups excluding carboxylic acids is 1. The molecule has 2 aromatic heterocycles. The van der Waals surface area contributed by atoms with Gasteiger partial charge in [0.15, 0.2) is 5.16 Å². The van der Waals surface area contributed by atoms with Crippen LogP contribution in [-0.2, 0) is 4.74 Å². The number of nitrogens with one attached hydrogen (secondary N) is 1. The summed E-state index contributed by atoms with van der Waals surface area (Å²) in [5, 5.41) is 0.403. The third-order valence-corrected chi connectivity index (χ3v) is 3.37. The lowest BCUT2D eigenvalue weighted by atomic mass is 10.3. The van der Waals surface area contributed by atoms with Crippen molar-refractivity contribution in [2.75, 3.05) is 7.11 Å². The lowest BCUT2D eigenvalue weighted by molar-refractivity contribution is 0.0563. The van der Waals surface area contributed by atoms with Gasteiger partial charge < -0.3 is 14.1 Å². The highest BCUT2D eigenvalue weighted by molar-refractivity contribution is 7.99. The van der Waals surface area contributed by atoms with Gasteiger partial charge in [0.1, 0.15) is 5.76 Å². The van der Waals surface area contributed by atoms with Crippen LogP contribution in [0.2, 0.25) is 0 Å². The van der Waals surface area contributed by atoms with E-state index in [0.29, 0.717) is 10.9 Å². The topological polar surface area (TPSA) is 85.2 Å². The first-order valence-corrected chi connectivity index (χ1v) is 6.38. The summed E-state index contributed by atoms with van der Waals surface area (Å²) in [6, 6.07) is 4.60. The Hall–Kier alpha value is -2.02. The fraction of sp³-hybridized carbons (Fsp3) is 0.250. The van der Waals surface area contributed by atoms with E-state index in [1.54, 1.807) is 12.1 Å². The van der Waals surface area contributed by atoms with E-state index in [1.807, 2.05) is 6.92 Å². The molecule has 2 rings (SSSR count). The van der Waals surface area contributed by atoms with Crippen molar-refractivity contribution < 1.29 is 13.9 Å². The van der Waals surface area contributed by atoms with Crippen molar-refractivity contribution in [3.63, 3.8) is 0 Å². The molecule has 100 valence electrons. The summed E-state index contributed by atoms with van der Waals surface area (Å²) in [5.74, 6) is 0.242. The average Bonchev–Trinajstić information content (AvgIpc) is 2.87. The van der Waals surface area contributed by atoms with Crippen LogP contribution in [0.1, 0.15) is 28.5 Å². The van der Waals surface area contributed by atoms with Crippen molar-refractivity contribution in [3.8, 4) is 0 Å². The van der Waals surface area contributed by atoms with Crippen molar-refractivity contribution in [3.05, 3.63) is 46.3 Å². The molecule has 0 aliphatic carbocycles. The largest absolute Gasteiger partial charge is 0.463 e. The number of nitrogens with zero attached hydrogens (tertiary/aromatic N) is 1. The minimum Gasteiger partial charge on any atom is -0.463 e. The summed E-state index contributed by atoms with van der Waals surface area (Å²) in [6.07, 6.45) is 1.44. The summed E-state index contributed by atoms with van der Waals surface area (Å²) in [5.41, 5.74) is -0.209. The summed E-state index contributed by atoms with van der Waals surface area (Å²) in [6.45, 7) is 1.89. The molecular formula is C12H12N2O4S.